The predicted molar refractivity (Wildman–Crippen MR) is 50.9 cm³/mol. The van der Waals surface area contributed by atoms with Crippen molar-refractivity contribution in [1.29, 1.82) is 0 Å². The zero-order valence-corrected chi connectivity index (χ0v) is 8.60. The Labute approximate surface area is 79.1 Å². The highest BCUT2D eigenvalue weighted by molar-refractivity contribution is 7.88. The third-order valence-corrected chi connectivity index (χ3v) is 3.85. The molecule has 1 saturated heterocycles. The molecule has 1 saturated carbocycles. The summed E-state index contributed by atoms with van der Waals surface area (Å²) in [5.74, 6) is 1.28. The van der Waals surface area contributed by atoms with Gasteiger partial charge in [-0.15, -0.1) is 0 Å². The van der Waals surface area contributed by atoms with Crippen molar-refractivity contribution >= 4 is 10.0 Å². The Kier molecular flexibility index (Phi) is 2.33. The van der Waals surface area contributed by atoms with E-state index in [9.17, 15) is 8.42 Å². The number of hydrogen-bond donors (Lipinski definition) is 2. The lowest BCUT2D eigenvalue weighted by atomic mass is 9.66. The van der Waals surface area contributed by atoms with Gasteiger partial charge in [0.2, 0.25) is 10.0 Å². The van der Waals surface area contributed by atoms with Crippen molar-refractivity contribution in [3.05, 3.63) is 0 Å². The number of rotatable bonds is 2. The summed E-state index contributed by atoms with van der Waals surface area (Å²) in [6, 6.07) is 0.188. The van der Waals surface area contributed by atoms with Crippen molar-refractivity contribution < 1.29 is 8.42 Å². The summed E-state index contributed by atoms with van der Waals surface area (Å²) >= 11 is 0. The lowest BCUT2D eigenvalue weighted by Gasteiger charge is -2.47. The molecular weight excluding hydrogens is 188 g/mol. The number of hydrogen-bond acceptors (Lipinski definition) is 3. The minimum Gasteiger partial charge on any atom is -0.316 e. The van der Waals surface area contributed by atoms with Crippen molar-refractivity contribution in [3.63, 3.8) is 0 Å². The molecule has 5 heteroatoms. The summed E-state index contributed by atoms with van der Waals surface area (Å²) in [7, 11) is -3.01. The van der Waals surface area contributed by atoms with Gasteiger partial charge in [0.1, 0.15) is 0 Å². The van der Waals surface area contributed by atoms with E-state index in [-0.39, 0.29) is 6.04 Å². The van der Waals surface area contributed by atoms with Gasteiger partial charge in [-0.3, -0.25) is 0 Å². The van der Waals surface area contributed by atoms with Gasteiger partial charge < -0.3 is 5.32 Å². The molecule has 76 valence electrons. The van der Waals surface area contributed by atoms with E-state index in [4.69, 9.17) is 0 Å². The van der Waals surface area contributed by atoms with Gasteiger partial charge in [0.25, 0.3) is 0 Å². The minimum absolute atomic E-state index is 0.188. The van der Waals surface area contributed by atoms with Crippen LogP contribution >= 0.6 is 0 Å². The Morgan fingerprint density at radius 3 is 2.85 bits per heavy atom. The fourth-order valence-corrected chi connectivity index (χ4v) is 3.24. The van der Waals surface area contributed by atoms with Crippen LogP contribution in [0.2, 0.25) is 0 Å². The topological polar surface area (TPSA) is 58.2 Å². The van der Waals surface area contributed by atoms with Crippen LogP contribution in [-0.2, 0) is 10.0 Å². The van der Waals surface area contributed by atoms with Gasteiger partial charge in [-0.25, -0.2) is 13.1 Å². The normalized spacial score (nSPS) is 39.3. The Morgan fingerprint density at radius 2 is 2.23 bits per heavy atom. The Bertz CT molecular complexity index is 289. The molecule has 0 aromatic heterocycles. The van der Waals surface area contributed by atoms with Crippen molar-refractivity contribution in [1.82, 2.24) is 10.0 Å². The quantitative estimate of drug-likeness (QED) is 0.639. The highest BCUT2D eigenvalue weighted by atomic mass is 32.2. The monoisotopic (exact) mass is 204 g/mol. The van der Waals surface area contributed by atoms with Crippen LogP contribution in [0, 0.1) is 11.8 Å². The molecule has 2 rings (SSSR count). The molecule has 0 aromatic carbocycles. The third kappa shape index (κ3) is 2.03. The molecule has 0 radical (unpaired) electrons. The van der Waals surface area contributed by atoms with Gasteiger partial charge in [0.15, 0.2) is 0 Å². The first-order valence-electron chi connectivity index (χ1n) is 4.74. The summed E-state index contributed by atoms with van der Waals surface area (Å²) in [6.45, 7) is 2.06. The average molecular weight is 204 g/mol. The Hall–Kier alpha value is -0.130. The molecule has 3 atom stereocenters. The van der Waals surface area contributed by atoms with Crippen molar-refractivity contribution in [2.45, 2.75) is 18.9 Å². The van der Waals surface area contributed by atoms with Gasteiger partial charge in [0, 0.05) is 6.04 Å². The largest absolute Gasteiger partial charge is 0.316 e. The molecule has 1 heterocycles. The fraction of sp³-hybridized carbons (Fsp3) is 1.00. The standard InChI is InChI=1S/C8H16N2O2S/c1-13(11,12)10-8-4-6-2-3-9-5-7(6)8/h6-10H,2-5H2,1H3. The maximum absolute atomic E-state index is 11.0. The highest BCUT2D eigenvalue weighted by Gasteiger charge is 2.42. The number of nitrogens with one attached hydrogen (secondary N) is 2. The van der Waals surface area contributed by atoms with E-state index in [2.05, 4.69) is 10.0 Å². The van der Waals surface area contributed by atoms with Gasteiger partial charge in [-0.1, -0.05) is 0 Å². The van der Waals surface area contributed by atoms with Crippen molar-refractivity contribution in [3.8, 4) is 0 Å². The first-order valence-corrected chi connectivity index (χ1v) is 6.63. The first-order chi connectivity index (χ1) is 6.06. The second kappa shape index (κ2) is 3.22. The summed E-state index contributed by atoms with van der Waals surface area (Å²) in [4.78, 5) is 0. The first kappa shape index (κ1) is 9.43. The van der Waals surface area contributed by atoms with Crippen LogP contribution in [-0.4, -0.2) is 33.8 Å². The van der Waals surface area contributed by atoms with E-state index in [1.54, 1.807) is 0 Å². The molecule has 0 spiro atoms. The minimum atomic E-state index is -3.01. The smallest absolute Gasteiger partial charge is 0.208 e. The van der Waals surface area contributed by atoms with E-state index in [0.717, 1.165) is 25.4 Å². The molecule has 3 unspecified atom stereocenters. The Morgan fingerprint density at radius 1 is 1.46 bits per heavy atom. The van der Waals surface area contributed by atoms with E-state index >= 15 is 0 Å². The molecule has 0 amide bonds. The Balaban J connectivity index is 1.91. The summed E-state index contributed by atoms with van der Waals surface area (Å²) in [6.07, 6.45) is 3.46. The molecule has 2 aliphatic rings. The SMILES string of the molecule is CS(=O)(=O)NC1CC2CCNCC21. The van der Waals surface area contributed by atoms with Crippen molar-refractivity contribution in [2.24, 2.45) is 11.8 Å². The van der Waals surface area contributed by atoms with Crippen LogP contribution in [0.3, 0.4) is 0 Å². The molecule has 2 N–H and O–H groups in total. The summed E-state index contributed by atoms with van der Waals surface area (Å²) in [5.41, 5.74) is 0. The van der Waals surface area contributed by atoms with Gasteiger partial charge in [-0.05, 0) is 37.8 Å². The predicted octanol–water partition coefficient (Wildman–Crippen LogP) is -0.466. The van der Waals surface area contributed by atoms with Crippen molar-refractivity contribution in [2.75, 3.05) is 19.3 Å². The van der Waals surface area contributed by atoms with Crippen LogP contribution in [0.25, 0.3) is 0 Å². The zero-order valence-electron chi connectivity index (χ0n) is 7.79. The van der Waals surface area contributed by atoms with Crippen LogP contribution in [0.15, 0.2) is 0 Å². The molecule has 0 bridgehead atoms. The number of sulfonamides is 1. The molecule has 1 aliphatic carbocycles. The molecule has 13 heavy (non-hydrogen) atoms. The second-order valence-corrected chi connectivity index (χ2v) is 5.93. The summed E-state index contributed by atoms with van der Waals surface area (Å²) < 4.78 is 24.6. The lowest BCUT2D eigenvalue weighted by molar-refractivity contribution is 0.0870. The van der Waals surface area contributed by atoms with Gasteiger partial charge in [-0.2, -0.15) is 0 Å². The van der Waals surface area contributed by atoms with E-state index < -0.39 is 10.0 Å². The molecular formula is C8H16N2O2S. The third-order valence-electron chi connectivity index (χ3n) is 3.12. The maximum Gasteiger partial charge on any atom is 0.208 e. The highest BCUT2D eigenvalue weighted by Crippen LogP contribution is 2.38. The number of piperidine rings is 1. The van der Waals surface area contributed by atoms with E-state index in [1.807, 2.05) is 0 Å². The van der Waals surface area contributed by atoms with Crippen LogP contribution in [0.4, 0.5) is 0 Å². The molecule has 2 fully saturated rings. The summed E-state index contributed by atoms with van der Waals surface area (Å²) in [5, 5.41) is 3.30. The second-order valence-electron chi connectivity index (χ2n) is 4.15. The molecule has 1 aliphatic heterocycles. The molecule has 0 aromatic rings. The van der Waals surface area contributed by atoms with Gasteiger partial charge >= 0.3 is 0 Å². The lowest BCUT2D eigenvalue weighted by Crippen LogP contribution is -2.58. The van der Waals surface area contributed by atoms with E-state index in [0.29, 0.717) is 5.92 Å². The van der Waals surface area contributed by atoms with Crippen LogP contribution < -0.4 is 10.0 Å². The van der Waals surface area contributed by atoms with Gasteiger partial charge in [0.05, 0.1) is 6.26 Å². The van der Waals surface area contributed by atoms with Crippen LogP contribution in [0.5, 0.6) is 0 Å². The molecule has 4 nitrogen and oxygen atoms in total. The maximum atomic E-state index is 11.0. The van der Waals surface area contributed by atoms with E-state index in [1.165, 1.54) is 12.7 Å². The zero-order chi connectivity index (χ0) is 9.47. The van der Waals surface area contributed by atoms with Crippen LogP contribution in [0.1, 0.15) is 12.8 Å². The number of fused-ring (bicyclic) bond motifs is 1. The fourth-order valence-electron chi connectivity index (χ4n) is 2.42. The average Bonchev–Trinajstić information content (AvgIpc) is 1.99.